The molecule has 0 spiro atoms. The molecule has 0 aliphatic rings. The minimum absolute atomic E-state index is 0.399. The quantitative estimate of drug-likeness (QED) is 0.856. The summed E-state index contributed by atoms with van der Waals surface area (Å²) in [4.78, 5) is 2.31. The number of rotatable bonds is 6. The van der Waals surface area contributed by atoms with E-state index in [4.69, 9.17) is 0 Å². The molecule has 0 heterocycles. The fourth-order valence-electron chi connectivity index (χ4n) is 2.53. The lowest BCUT2D eigenvalue weighted by Gasteiger charge is -2.25. The van der Waals surface area contributed by atoms with Crippen LogP contribution in [0, 0.1) is 13.8 Å². The Bertz CT molecular complexity index is 562. The van der Waals surface area contributed by atoms with E-state index in [1.807, 2.05) is 12.1 Å². The first-order valence-electron chi connectivity index (χ1n) is 7.66. The zero-order valence-electron chi connectivity index (χ0n) is 13.2. The van der Waals surface area contributed by atoms with E-state index in [-0.39, 0.29) is 0 Å². The summed E-state index contributed by atoms with van der Waals surface area (Å²) in [6.45, 7) is 8.13. The highest BCUT2D eigenvalue weighted by Crippen LogP contribution is 2.21. The minimum Gasteiger partial charge on any atom is -0.388 e. The maximum atomic E-state index is 10.3. The standard InChI is InChI=1S/C19H25NO/c1-4-20(18-7-5-6-16(3)14-18)13-12-19(21)17-10-8-15(2)9-11-17/h5-11,14,19,21H,4,12-13H2,1-3H3. The largest absolute Gasteiger partial charge is 0.388 e. The van der Waals surface area contributed by atoms with Crippen LogP contribution in [-0.2, 0) is 0 Å². The highest BCUT2D eigenvalue weighted by atomic mass is 16.3. The Labute approximate surface area is 128 Å². The third kappa shape index (κ3) is 4.33. The van der Waals surface area contributed by atoms with Crippen LogP contribution in [0.25, 0.3) is 0 Å². The summed E-state index contributed by atoms with van der Waals surface area (Å²) in [6.07, 6.45) is 0.342. The Balaban J connectivity index is 1.98. The highest BCUT2D eigenvalue weighted by molar-refractivity contribution is 5.48. The molecule has 2 nitrogen and oxygen atoms in total. The van der Waals surface area contributed by atoms with Crippen LogP contribution in [0.3, 0.4) is 0 Å². The van der Waals surface area contributed by atoms with Crippen molar-refractivity contribution in [2.24, 2.45) is 0 Å². The van der Waals surface area contributed by atoms with Crippen LogP contribution in [-0.4, -0.2) is 18.2 Å². The van der Waals surface area contributed by atoms with Gasteiger partial charge in [0.05, 0.1) is 6.10 Å². The summed E-state index contributed by atoms with van der Waals surface area (Å²) in [5, 5.41) is 10.3. The van der Waals surface area contributed by atoms with Crippen molar-refractivity contribution in [2.45, 2.75) is 33.3 Å². The fourth-order valence-corrected chi connectivity index (χ4v) is 2.53. The van der Waals surface area contributed by atoms with E-state index in [2.05, 4.69) is 62.1 Å². The van der Waals surface area contributed by atoms with Crippen molar-refractivity contribution in [3.8, 4) is 0 Å². The van der Waals surface area contributed by atoms with Crippen LogP contribution in [0.4, 0.5) is 5.69 Å². The first kappa shape index (κ1) is 15.6. The van der Waals surface area contributed by atoms with E-state index in [1.165, 1.54) is 16.8 Å². The molecule has 0 aliphatic carbocycles. The van der Waals surface area contributed by atoms with Gasteiger partial charge in [-0.3, -0.25) is 0 Å². The van der Waals surface area contributed by atoms with Gasteiger partial charge in [-0.2, -0.15) is 0 Å². The van der Waals surface area contributed by atoms with Crippen LogP contribution in [0.2, 0.25) is 0 Å². The number of benzene rings is 2. The Morgan fingerprint density at radius 1 is 1.00 bits per heavy atom. The Hall–Kier alpha value is -1.80. The first-order chi connectivity index (χ1) is 10.1. The lowest BCUT2D eigenvalue weighted by molar-refractivity contribution is 0.169. The zero-order chi connectivity index (χ0) is 15.2. The second-order valence-corrected chi connectivity index (χ2v) is 5.63. The van der Waals surface area contributed by atoms with Gasteiger partial charge in [0.2, 0.25) is 0 Å². The molecule has 2 aromatic carbocycles. The molecule has 0 saturated carbocycles. The zero-order valence-corrected chi connectivity index (χ0v) is 13.2. The summed E-state index contributed by atoms with van der Waals surface area (Å²) in [5.41, 5.74) is 4.72. The second kappa shape index (κ2) is 7.28. The van der Waals surface area contributed by atoms with Gasteiger partial charge in [-0.1, -0.05) is 42.0 Å². The predicted molar refractivity (Wildman–Crippen MR) is 89.8 cm³/mol. The molecule has 0 fully saturated rings. The number of hydrogen-bond acceptors (Lipinski definition) is 2. The molecule has 0 aliphatic heterocycles. The number of anilines is 1. The maximum Gasteiger partial charge on any atom is 0.0806 e. The van der Waals surface area contributed by atoms with Gasteiger partial charge in [-0.15, -0.1) is 0 Å². The minimum atomic E-state index is -0.399. The number of aliphatic hydroxyl groups is 1. The van der Waals surface area contributed by atoms with Gasteiger partial charge in [0.15, 0.2) is 0 Å². The van der Waals surface area contributed by atoms with Crippen molar-refractivity contribution in [2.75, 3.05) is 18.0 Å². The summed E-state index contributed by atoms with van der Waals surface area (Å²) >= 11 is 0. The number of aliphatic hydroxyl groups excluding tert-OH is 1. The van der Waals surface area contributed by atoms with Gasteiger partial charge in [0, 0.05) is 18.8 Å². The van der Waals surface area contributed by atoms with E-state index < -0.39 is 6.10 Å². The smallest absolute Gasteiger partial charge is 0.0806 e. The van der Waals surface area contributed by atoms with Crippen molar-refractivity contribution in [1.82, 2.24) is 0 Å². The van der Waals surface area contributed by atoms with Crippen LogP contribution in [0.15, 0.2) is 48.5 Å². The van der Waals surface area contributed by atoms with Crippen LogP contribution >= 0.6 is 0 Å². The topological polar surface area (TPSA) is 23.5 Å². The number of aryl methyl sites for hydroxylation is 2. The molecule has 2 heteroatoms. The molecular weight excluding hydrogens is 258 g/mol. The molecule has 21 heavy (non-hydrogen) atoms. The van der Waals surface area contributed by atoms with Gasteiger partial charge in [0.1, 0.15) is 0 Å². The van der Waals surface area contributed by atoms with E-state index in [0.717, 1.165) is 25.1 Å². The van der Waals surface area contributed by atoms with E-state index in [1.54, 1.807) is 0 Å². The fraction of sp³-hybridized carbons (Fsp3) is 0.368. The average molecular weight is 283 g/mol. The van der Waals surface area contributed by atoms with Gasteiger partial charge in [0.25, 0.3) is 0 Å². The molecule has 0 saturated heterocycles. The number of hydrogen-bond donors (Lipinski definition) is 1. The van der Waals surface area contributed by atoms with Gasteiger partial charge in [-0.25, -0.2) is 0 Å². The van der Waals surface area contributed by atoms with Crippen molar-refractivity contribution >= 4 is 5.69 Å². The summed E-state index contributed by atoms with van der Waals surface area (Å²) < 4.78 is 0. The summed E-state index contributed by atoms with van der Waals surface area (Å²) in [6, 6.07) is 16.7. The molecule has 0 aromatic heterocycles. The predicted octanol–water partition coefficient (Wildman–Crippen LogP) is 4.25. The van der Waals surface area contributed by atoms with Crippen molar-refractivity contribution in [3.05, 3.63) is 65.2 Å². The van der Waals surface area contributed by atoms with E-state index >= 15 is 0 Å². The Morgan fingerprint density at radius 3 is 2.33 bits per heavy atom. The van der Waals surface area contributed by atoms with Crippen LogP contribution in [0.1, 0.15) is 36.1 Å². The Morgan fingerprint density at radius 2 is 1.71 bits per heavy atom. The average Bonchev–Trinajstić information content (AvgIpc) is 2.48. The van der Waals surface area contributed by atoms with Gasteiger partial charge >= 0.3 is 0 Å². The first-order valence-corrected chi connectivity index (χ1v) is 7.66. The maximum absolute atomic E-state index is 10.3. The lowest BCUT2D eigenvalue weighted by Crippen LogP contribution is -2.25. The second-order valence-electron chi connectivity index (χ2n) is 5.63. The van der Waals surface area contributed by atoms with Gasteiger partial charge in [-0.05, 0) is 50.5 Å². The van der Waals surface area contributed by atoms with E-state index in [9.17, 15) is 5.11 Å². The SMILES string of the molecule is CCN(CCC(O)c1ccc(C)cc1)c1cccc(C)c1. The Kier molecular flexibility index (Phi) is 5.40. The molecule has 0 radical (unpaired) electrons. The molecule has 0 bridgehead atoms. The van der Waals surface area contributed by atoms with Crippen molar-refractivity contribution in [1.29, 1.82) is 0 Å². The summed E-state index contributed by atoms with van der Waals surface area (Å²) in [5.74, 6) is 0. The molecule has 1 unspecified atom stereocenters. The van der Waals surface area contributed by atoms with Crippen LogP contribution < -0.4 is 4.90 Å². The normalized spacial score (nSPS) is 12.2. The third-order valence-corrected chi connectivity index (χ3v) is 3.88. The molecule has 1 N–H and O–H groups in total. The van der Waals surface area contributed by atoms with E-state index in [0.29, 0.717) is 0 Å². The number of nitrogens with zero attached hydrogens (tertiary/aromatic N) is 1. The molecule has 1 atom stereocenters. The molecule has 112 valence electrons. The lowest BCUT2D eigenvalue weighted by atomic mass is 10.0. The molecule has 2 aromatic rings. The molecule has 2 rings (SSSR count). The summed E-state index contributed by atoms with van der Waals surface area (Å²) in [7, 11) is 0. The van der Waals surface area contributed by atoms with Crippen molar-refractivity contribution in [3.63, 3.8) is 0 Å². The van der Waals surface area contributed by atoms with Crippen molar-refractivity contribution < 1.29 is 5.11 Å². The highest BCUT2D eigenvalue weighted by Gasteiger charge is 2.10. The monoisotopic (exact) mass is 283 g/mol. The third-order valence-electron chi connectivity index (χ3n) is 3.88. The van der Waals surface area contributed by atoms with Gasteiger partial charge < -0.3 is 10.0 Å². The molecular formula is C19H25NO. The van der Waals surface area contributed by atoms with Crippen LogP contribution in [0.5, 0.6) is 0 Å². The molecule has 0 amide bonds.